The van der Waals surface area contributed by atoms with E-state index in [1.807, 2.05) is 0 Å². The Bertz CT molecular complexity index is 358. The molecule has 0 bridgehead atoms. The zero-order chi connectivity index (χ0) is 13.5. The van der Waals surface area contributed by atoms with E-state index in [9.17, 15) is 4.79 Å². The van der Waals surface area contributed by atoms with E-state index in [4.69, 9.17) is 4.74 Å². The summed E-state index contributed by atoms with van der Waals surface area (Å²) in [5.74, 6) is 1.76. The van der Waals surface area contributed by atoms with E-state index < -0.39 is 0 Å². The largest absolute Gasteiger partial charge is 0.370 e. The second kappa shape index (κ2) is 4.87. The Kier molecular flexibility index (Phi) is 3.49. The molecular formula is C17H28O2. The quantitative estimate of drug-likeness (QED) is 0.552. The number of fused-ring (bicyclic) bond motifs is 1. The van der Waals surface area contributed by atoms with E-state index in [1.54, 1.807) is 0 Å². The van der Waals surface area contributed by atoms with Crippen molar-refractivity contribution in [1.29, 1.82) is 0 Å². The number of hydrogen-bond donors (Lipinski definition) is 0. The number of epoxide rings is 1. The van der Waals surface area contributed by atoms with Gasteiger partial charge in [0.25, 0.3) is 0 Å². The molecule has 3 aliphatic rings. The van der Waals surface area contributed by atoms with Gasteiger partial charge in [0.2, 0.25) is 0 Å². The van der Waals surface area contributed by atoms with Crippen molar-refractivity contribution in [1.82, 2.24) is 0 Å². The summed E-state index contributed by atoms with van der Waals surface area (Å²) < 4.78 is 5.44. The Hall–Kier alpha value is -0.370. The van der Waals surface area contributed by atoms with Crippen LogP contribution < -0.4 is 0 Å². The van der Waals surface area contributed by atoms with Gasteiger partial charge in [0.05, 0.1) is 12.2 Å². The Balaban J connectivity index is 1.49. The van der Waals surface area contributed by atoms with E-state index in [-0.39, 0.29) is 5.60 Å². The molecule has 4 atom stereocenters. The zero-order valence-corrected chi connectivity index (χ0v) is 12.5. The minimum atomic E-state index is 0.225. The summed E-state index contributed by atoms with van der Waals surface area (Å²) in [6.07, 6.45) is 10.9. The number of carbonyl (C=O) groups is 1. The number of ketones is 1. The van der Waals surface area contributed by atoms with Crippen LogP contribution in [0, 0.1) is 17.3 Å². The molecule has 0 radical (unpaired) electrons. The highest BCUT2D eigenvalue weighted by Crippen LogP contribution is 2.55. The lowest BCUT2D eigenvalue weighted by Crippen LogP contribution is -2.37. The van der Waals surface area contributed by atoms with Crippen LogP contribution in [0.3, 0.4) is 0 Å². The number of carbonyl (C=O) groups excluding carboxylic acids is 1. The Morgan fingerprint density at radius 1 is 1.26 bits per heavy atom. The minimum absolute atomic E-state index is 0.225. The molecule has 108 valence electrons. The summed E-state index contributed by atoms with van der Waals surface area (Å²) >= 11 is 0. The third-order valence-electron chi connectivity index (χ3n) is 6.21. The second-order valence-electron chi connectivity index (χ2n) is 7.64. The van der Waals surface area contributed by atoms with Gasteiger partial charge in [0, 0.05) is 12.3 Å². The fourth-order valence-electron chi connectivity index (χ4n) is 4.67. The van der Waals surface area contributed by atoms with Crippen molar-refractivity contribution in [3.8, 4) is 0 Å². The number of Topliss-reactive ketones (excluding diaryl/α,β-unsaturated/α-hetero) is 1. The van der Waals surface area contributed by atoms with Crippen molar-refractivity contribution in [3.05, 3.63) is 0 Å². The van der Waals surface area contributed by atoms with E-state index in [1.165, 1.54) is 44.9 Å². The fraction of sp³-hybridized carbons (Fsp3) is 0.941. The first-order chi connectivity index (χ1) is 9.04. The Labute approximate surface area is 117 Å². The van der Waals surface area contributed by atoms with Gasteiger partial charge in [-0.1, -0.05) is 19.8 Å². The molecule has 2 saturated carbocycles. The van der Waals surface area contributed by atoms with Crippen LogP contribution in [0.4, 0.5) is 0 Å². The molecule has 2 aliphatic carbocycles. The number of unbranched alkanes of at least 4 members (excludes halogenated alkanes) is 1. The van der Waals surface area contributed by atoms with E-state index >= 15 is 0 Å². The van der Waals surface area contributed by atoms with Crippen LogP contribution in [-0.2, 0) is 9.53 Å². The first-order valence-corrected chi connectivity index (χ1v) is 8.20. The van der Waals surface area contributed by atoms with Crippen LogP contribution in [0.15, 0.2) is 0 Å². The molecule has 4 unspecified atom stereocenters. The molecular weight excluding hydrogens is 236 g/mol. The van der Waals surface area contributed by atoms with Crippen molar-refractivity contribution in [2.24, 2.45) is 17.3 Å². The van der Waals surface area contributed by atoms with Crippen LogP contribution in [0.25, 0.3) is 0 Å². The molecule has 0 spiro atoms. The lowest BCUT2D eigenvalue weighted by Gasteiger charge is -2.40. The van der Waals surface area contributed by atoms with Crippen LogP contribution in [-0.4, -0.2) is 18.0 Å². The first kappa shape index (κ1) is 13.6. The summed E-state index contributed by atoms with van der Waals surface area (Å²) in [4.78, 5) is 12.1. The van der Waals surface area contributed by atoms with Crippen LogP contribution in [0.2, 0.25) is 0 Å². The molecule has 3 rings (SSSR count). The van der Waals surface area contributed by atoms with Gasteiger partial charge in [-0.25, -0.2) is 0 Å². The average molecular weight is 264 g/mol. The van der Waals surface area contributed by atoms with Crippen LogP contribution in [0.5, 0.6) is 0 Å². The van der Waals surface area contributed by atoms with Crippen molar-refractivity contribution in [3.63, 3.8) is 0 Å². The fourth-order valence-corrected chi connectivity index (χ4v) is 4.67. The average Bonchev–Trinajstić information content (AvgIpc) is 2.99. The van der Waals surface area contributed by atoms with Gasteiger partial charge in [-0.05, 0) is 56.8 Å². The van der Waals surface area contributed by atoms with Gasteiger partial charge in [-0.2, -0.15) is 0 Å². The molecule has 0 aromatic rings. The van der Waals surface area contributed by atoms with Gasteiger partial charge in [0.15, 0.2) is 0 Å². The highest BCUT2D eigenvalue weighted by Gasteiger charge is 2.50. The monoisotopic (exact) mass is 264 g/mol. The van der Waals surface area contributed by atoms with Crippen LogP contribution >= 0.6 is 0 Å². The topological polar surface area (TPSA) is 29.6 Å². The Morgan fingerprint density at radius 3 is 2.79 bits per heavy atom. The summed E-state index contributed by atoms with van der Waals surface area (Å²) in [6.45, 7) is 5.59. The standard InChI is InChI=1S/C17H28O2/c1-16(12-19-16)10-4-3-6-13-8-9-14-15(18)7-5-11-17(13,14)2/h13-14H,3-12H2,1-2H3. The molecule has 0 aromatic heterocycles. The maximum atomic E-state index is 12.1. The molecule has 0 aromatic carbocycles. The van der Waals surface area contributed by atoms with Gasteiger partial charge in [-0.3, -0.25) is 4.79 Å². The van der Waals surface area contributed by atoms with Crippen molar-refractivity contribution < 1.29 is 9.53 Å². The summed E-state index contributed by atoms with van der Waals surface area (Å²) in [6, 6.07) is 0. The highest BCUT2D eigenvalue weighted by atomic mass is 16.6. The van der Waals surface area contributed by atoms with Crippen molar-refractivity contribution in [2.75, 3.05) is 6.61 Å². The normalized spacial score (nSPS) is 45.3. The third kappa shape index (κ3) is 2.61. The predicted molar refractivity (Wildman–Crippen MR) is 76.0 cm³/mol. The van der Waals surface area contributed by atoms with Gasteiger partial charge in [0.1, 0.15) is 5.78 Å². The van der Waals surface area contributed by atoms with E-state index in [0.717, 1.165) is 25.4 Å². The summed E-state index contributed by atoms with van der Waals surface area (Å²) in [5.41, 5.74) is 0.568. The number of ether oxygens (including phenoxy) is 1. The molecule has 3 fully saturated rings. The number of hydrogen-bond acceptors (Lipinski definition) is 2. The minimum Gasteiger partial charge on any atom is -0.370 e. The molecule has 2 nitrogen and oxygen atoms in total. The molecule has 1 aliphatic heterocycles. The molecule has 0 N–H and O–H groups in total. The first-order valence-electron chi connectivity index (χ1n) is 8.20. The maximum absolute atomic E-state index is 12.1. The summed E-state index contributed by atoms with van der Waals surface area (Å²) in [7, 11) is 0. The van der Waals surface area contributed by atoms with Gasteiger partial charge in [-0.15, -0.1) is 0 Å². The highest BCUT2D eigenvalue weighted by molar-refractivity contribution is 5.83. The lowest BCUT2D eigenvalue weighted by atomic mass is 9.64. The molecule has 1 heterocycles. The third-order valence-corrected chi connectivity index (χ3v) is 6.21. The molecule has 19 heavy (non-hydrogen) atoms. The van der Waals surface area contributed by atoms with Crippen molar-refractivity contribution in [2.45, 2.75) is 77.2 Å². The van der Waals surface area contributed by atoms with Crippen molar-refractivity contribution >= 4 is 5.78 Å². The molecule has 1 saturated heterocycles. The second-order valence-corrected chi connectivity index (χ2v) is 7.64. The van der Waals surface area contributed by atoms with Gasteiger partial charge < -0.3 is 4.74 Å². The zero-order valence-electron chi connectivity index (χ0n) is 12.5. The smallest absolute Gasteiger partial charge is 0.136 e. The maximum Gasteiger partial charge on any atom is 0.136 e. The summed E-state index contributed by atoms with van der Waals surface area (Å²) in [5, 5.41) is 0. The Morgan fingerprint density at radius 2 is 2.05 bits per heavy atom. The van der Waals surface area contributed by atoms with E-state index in [2.05, 4.69) is 13.8 Å². The van der Waals surface area contributed by atoms with Gasteiger partial charge >= 0.3 is 0 Å². The number of rotatable bonds is 5. The predicted octanol–water partition coefficient (Wildman–Crippen LogP) is 4.12. The molecule has 0 amide bonds. The lowest BCUT2D eigenvalue weighted by molar-refractivity contribution is -0.129. The van der Waals surface area contributed by atoms with E-state index in [0.29, 0.717) is 17.1 Å². The van der Waals surface area contributed by atoms with Crippen LogP contribution in [0.1, 0.15) is 71.6 Å². The SMILES string of the molecule is CC1(CCCCC2CCC3C(=O)CCCC23C)CO1. The molecule has 2 heteroatoms.